The Morgan fingerprint density at radius 1 is 1.47 bits per heavy atom. The first-order valence-electron chi connectivity index (χ1n) is 4.66. The van der Waals surface area contributed by atoms with Crippen LogP contribution in [0.15, 0.2) is 24.7 Å². The van der Waals surface area contributed by atoms with E-state index in [-0.39, 0.29) is 0 Å². The third-order valence-electron chi connectivity index (χ3n) is 2.00. The topological polar surface area (TPSA) is 54.5 Å². The fourth-order valence-electron chi connectivity index (χ4n) is 1.25. The number of aryl methyl sites for hydroxylation is 1. The van der Waals surface area contributed by atoms with E-state index in [9.17, 15) is 0 Å². The highest BCUT2D eigenvalue weighted by Gasteiger charge is 2.01. The van der Waals surface area contributed by atoms with E-state index < -0.39 is 0 Å². The van der Waals surface area contributed by atoms with Crippen molar-refractivity contribution in [3.8, 4) is 11.5 Å². The molecule has 0 aliphatic rings. The molecule has 0 saturated heterocycles. The summed E-state index contributed by atoms with van der Waals surface area (Å²) in [6, 6.07) is 3.66. The zero-order valence-electron chi connectivity index (χ0n) is 8.27. The Morgan fingerprint density at radius 3 is 3.00 bits per heavy atom. The molecule has 0 fully saturated rings. The Hall–Kier alpha value is -1.62. The molecule has 0 atom stereocenters. The van der Waals surface area contributed by atoms with Gasteiger partial charge in [-0.2, -0.15) is 0 Å². The summed E-state index contributed by atoms with van der Waals surface area (Å²) < 4.78 is 0.583. The molecule has 0 amide bonds. The number of nitrogens with one attached hydrogen (secondary N) is 1. The van der Waals surface area contributed by atoms with Gasteiger partial charge in [0.15, 0.2) is 5.82 Å². The Balaban J connectivity index is 2.54. The maximum absolute atomic E-state index is 5.08. The summed E-state index contributed by atoms with van der Waals surface area (Å²) in [6.07, 6.45) is 4.07. The fraction of sp³-hybridized carbons (Fsp3) is 0.200. The minimum absolute atomic E-state index is 0.583. The summed E-state index contributed by atoms with van der Waals surface area (Å²) in [5, 5.41) is 0. The monoisotopic (exact) mass is 218 g/mol. The van der Waals surface area contributed by atoms with Gasteiger partial charge >= 0.3 is 0 Å². The standard InChI is InChI=1S/C10H10N4S/c1-2-7-5-9(15)14-10(13-7)8-3-4-11-6-12-8/h3-6H,2H2,1H3,(H,13,14,15). The van der Waals surface area contributed by atoms with Crippen molar-refractivity contribution in [2.45, 2.75) is 13.3 Å². The Bertz CT molecular complexity index is 506. The normalized spacial score (nSPS) is 10.2. The first-order valence-corrected chi connectivity index (χ1v) is 5.07. The predicted molar refractivity (Wildman–Crippen MR) is 59.8 cm³/mol. The van der Waals surface area contributed by atoms with Crippen molar-refractivity contribution < 1.29 is 0 Å². The Labute approximate surface area is 92.5 Å². The molecule has 2 rings (SSSR count). The van der Waals surface area contributed by atoms with Gasteiger partial charge in [-0.05, 0) is 18.6 Å². The van der Waals surface area contributed by atoms with Crippen LogP contribution in [-0.4, -0.2) is 19.9 Å². The fourth-order valence-corrected chi connectivity index (χ4v) is 1.48. The molecule has 0 spiro atoms. The number of rotatable bonds is 2. The van der Waals surface area contributed by atoms with Gasteiger partial charge in [-0.1, -0.05) is 19.1 Å². The van der Waals surface area contributed by atoms with Gasteiger partial charge in [0.25, 0.3) is 0 Å². The SMILES string of the molecule is CCc1cc(=S)nc(-c2ccncn2)[nH]1. The first kappa shape index (κ1) is 9.92. The van der Waals surface area contributed by atoms with Gasteiger partial charge in [0.2, 0.25) is 0 Å². The molecule has 15 heavy (non-hydrogen) atoms. The highest BCUT2D eigenvalue weighted by atomic mass is 32.1. The van der Waals surface area contributed by atoms with Gasteiger partial charge in [0.1, 0.15) is 16.7 Å². The van der Waals surface area contributed by atoms with E-state index in [1.165, 1.54) is 6.33 Å². The molecule has 2 aromatic rings. The molecular weight excluding hydrogens is 208 g/mol. The third-order valence-corrected chi connectivity index (χ3v) is 2.21. The molecule has 5 heteroatoms. The zero-order valence-corrected chi connectivity index (χ0v) is 9.08. The summed E-state index contributed by atoms with van der Waals surface area (Å²) >= 11 is 5.08. The van der Waals surface area contributed by atoms with Gasteiger partial charge in [-0.25, -0.2) is 15.0 Å². The molecule has 2 heterocycles. The summed E-state index contributed by atoms with van der Waals surface area (Å²) in [7, 11) is 0. The van der Waals surface area contributed by atoms with Gasteiger partial charge in [0, 0.05) is 11.9 Å². The minimum atomic E-state index is 0.583. The average Bonchev–Trinajstić information content (AvgIpc) is 2.29. The second-order valence-electron chi connectivity index (χ2n) is 3.04. The van der Waals surface area contributed by atoms with E-state index >= 15 is 0 Å². The van der Waals surface area contributed by atoms with Gasteiger partial charge in [-0.3, -0.25) is 0 Å². The summed E-state index contributed by atoms with van der Waals surface area (Å²) in [6.45, 7) is 2.06. The van der Waals surface area contributed by atoms with Crippen LogP contribution in [0.3, 0.4) is 0 Å². The molecule has 4 nitrogen and oxygen atoms in total. The van der Waals surface area contributed by atoms with Gasteiger partial charge < -0.3 is 4.98 Å². The molecular formula is C10H10N4S. The second-order valence-corrected chi connectivity index (χ2v) is 3.46. The maximum atomic E-state index is 5.08. The molecule has 0 aliphatic heterocycles. The molecule has 0 unspecified atom stereocenters. The quantitative estimate of drug-likeness (QED) is 0.785. The van der Waals surface area contributed by atoms with Crippen LogP contribution in [0.5, 0.6) is 0 Å². The summed E-state index contributed by atoms with van der Waals surface area (Å²) in [5.74, 6) is 0.696. The van der Waals surface area contributed by atoms with Crippen LogP contribution in [0.1, 0.15) is 12.6 Å². The molecule has 0 bridgehead atoms. The summed E-state index contributed by atoms with van der Waals surface area (Å²) in [5.41, 5.74) is 1.81. The maximum Gasteiger partial charge on any atom is 0.157 e. The van der Waals surface area contributed by atoms with Crippen LogP contribution in [0, 0.1) is 4.64 Å². The van der Waals surface area contributed by atoms with E-state index in [0.717, 1.165) is 17.8 Å². The predicted octanol–water partition coefficient (Wildman–Crippen LogP) is 2.16. The Morgan fingerprint density at radius 2 is 2.33 bits per heavy atom. The molecule has 0 aliphatic carbocycles. The van der Waals surface area contributed by atoms with Crippen molar-refractivity contribution in [2.24, 2.45) is 0 Å². The molecule has 0 aromatic carbocycles. The van der Waals surface area contributed by atoms with Crippen LogP contribution in [0.2, 0.25) is 0 Å². The van der Waals surface area contributed by atoms with Crippen molar-refractivity contribution in [1.82, 2.24) is 19.9 Å². The minimum Gasteiger partial charge on any atom is -0.342 e. The highest BCUT2D eigenvalue weighted by molar-refractivity contribution is 7.71. The second kappa shape index (κ2) is 4.27. The Kier molecular flexibility index (Phi) is 2.82. The zero-order chi connectivity index (χ0) is 10.7. The molecule has 0 radical (unpaired) electrons. The van der Waals surface area contributed by atoms with Crippen LogP contribution in [-0.2, 0) is 6.42 Å². The lowest BCUT2D eigenvalue weighted by atomic mass is 10.3. The van der Waals surface area contributed by atoms with Crippen LogP contribution in [0.25, 0.3) is 11.5 Å². The van der Waals surface area contributed by atoms with Crippen LogP contribution >= 0.6 is 12.2 Å². The van der Waals surface area contributed by atoms with Crippen molar-refractivity contribution in [3.05, 3.63) is 35.0 Å². The van der Waals surface area contributed by atoms with Crippen molar-refractivity contribution in [2.75, 3.05) is 0 Å². The first-order chi connectivity index (χ1) is 7.29. The lowest BCUT2D eigenvalue weighted by Crippen LogP contribution is -1.96. The number of hydrogen-bond donors (Lipinski definition) is 1. The van der Waals surface area contributed by atoms with Crippen LogP contribution in [0.4, 0.5) is 0 Å². The van der Waals surface area contributed by atoms with E-state index in [4.69, 9.17) is 12.2 Å². The molecule has 1 N–H and O–H groups in total. The molecule has 2 aromatic heterocycles. The summed E-state index contributed by atoms with van der Waals surface area (Å²) in [4.78, 5) is 15.4. The highest BCUT2D eigenvalue weighted by Crippen LogP contribution is 2.10. The third kappa shape index (κ3) is 2.24. The number of aromatic nitrogens is 4. The number of aromatic amines is 1. The van der Waals surface area contributed by atoms with Gasteiger partial charge in [-0.15, -0.1) is 0 Å². The number of nitrogens with zero attached hydrogens (tertiary/aromatic N) is 3. The van der Waals surface area contributed by atoms with Crippen molar-refractivity contribution in [3.63, 3.8) is 0 Å². The largest absolute Gasteiger partial charge is 0.342 e. The molecule has 0 saturated carbocycles. The van der Waals surface area contributed by atoms with Crippen molar-refractivity contribution >= 4 is 12.2 Å². The lowest BCUT2D eigenvalue weighted by molar-refractivity contribution is 0.988. The van der Waals surface area contributed by atoms with E-state index in [1.807, 2.05) is 6.07 Å². The van der Waals surface area contributed by atoms with E-state index in [2.05, 4.69) is 26.9 Å². The average molecular weight is 218 g/mol. The molecule has 76 valence electrons. The number of H-pyrrole nitrogens is 1. The number of hydrogen-bond acceptors (Lipinski definition) is 4. The van der Waals surface area contributed by atoms with E-state index in [1.54, 1.807) is 12.3 Å². The smallest absolute Gasteiger partial charge is 0.157 e. The van der Waals surface area contributed by atoms with Crippen LogP contribution < -0.4 is 0 Å². The van der Waals surface area contributed by atoms with Crippen molar-refractivity contribution in [1.29, 1.82) is 0 Å². The van der Waals surface area contributed by atoms with E-state index in [0.29, 0.717) is 10.5 Å². The lowest BCUT2D eigenvalue weighted by Gasteiger charge is -2.02. The van der Waals surface area contributed by atoms with Gasteiger partial charge in [0.05, 0.1) is 0 Å².